The average Bonchev–Trinajstić information content (AvgIpc) is 2.32. The van der Waals surface area contributed by atoms with E-state index < -0.39 is 5.82 Å². The van der Waals surface area contributed by atoms with E-state index in [9.17, 15) is 4.39 Å². The van der Waals surface area contributed by atoms with Crippen LogP contribution in [-0.4, -0.2) is 19.7 Å². The van der Waals surface area contributed by atoms with Crippen LogP contribution in [0.4, 0.5) is 4.39 Å². The molecule has 0 atom stereocenters. The molecule has 1 N–H and O–H groups in total. The molecule has 1 aliphatic rings. The normalized spacial score (nSPS) is 16.4. The fraction of sp³-hybridized carbons (Fsp3) is 0.500. The molecule has 0 bridgehead atoms. The van der Waals surface area contributed by atoms with Crippen LogP contribution in [0.2, 0.25) is 5.02 Å². The van der Waals surface area contributed by atoms with Crippen molar-refractivity contribution < 1.29 is 21.5 Å². The number of benzene rings is 1. The van der Waals surface area contributed by atoms with E-state index in [0.717, 1.165) is 25.9 Å². The summed E-state index contributed by atoms with van der Waals surface area (Å²) in [5.41, 5.74) is 0. The first-order chi connectivity index (χ1) is 7.75. The first kappa shape index (κ1) is 14.6. The molecule has 17 heavy (non-hydrogen) atoms. The molecule has 2 rings (SSSR count). The van der Waals surface area contributed by atoms with E-state index in [1.54, 1.807) is 6.07 Å². The smallest absolute Gasteiger partial charge is 0.142 e. The summed E-state index contributed by atoms with van der Waals surface area (Å²) in [5, 5.41) is 3.42. The Balaban J connectivity index is 0.00000144. The van der Waals surface area contributed by atoms with Crippen LogP contribution in [0, 0.1) is 11.7 Å². The molecule has 1 aromatic carbocycles. The van der Waals surface area contributed by atoms with Crippen LogP contribution in [-0.2, 0) is 0 Å². The van der Waals surface area contributed by atoms with Gasteiger partial charge < -0.3 is 22.5 Å². The van der Waals surface area contributed by atoms with Gasteiger partial charge in [-0.25, -0.2) is 4.39 Å². The SMILES string of the molecule is Fc1ccc(OCC2CCNCC2)cc1Cl.[Cl-]. The van der Waals surface area contributed by atoms with Crippen molar-refractivity contribution in [2.45, 2.75) is 12.8 Å². The van der Waals surface area contributed by atoms with Crippen molar-refractivity contribution in [3.05, 3.63) is 29.0 Å². The van der Waals surface area contributed by atoms with Crippen LogP contribution in [0.3, 0.4) is 0 Å². The predicted octanol–water partition coefficient (Wildman–Crippen LogP) is -0.139. The summed E-state index contributed by atoms with van der Waals surface area (Å²) in [4.78, 5) is 0. The number of ether oxygens (including phenoxy) is 1. The van der Waals surface area contributed by atoms with E-state index in [0.29, 0.717) is 18.3 Å². The molecule has 0 saturated carbocycles. The second-order valence-corrected chi connectivity index (χ2v) is 4.49. The molecular formula is C12H15Cl2FNO-. The zero-order chi connectivity index (χ0) is 11.4. The molecule has 0 amide bonds. The van der Waals surface area contributed by atoms with Crippen LogP contribution in [0.5, 0.6) is 5.75 Å². The summed E-state index contributed by atoms with van der Waals surface area (Å²) in [5.74, 6) is 0.825. The molecule has 0 aromatic heterocycles. The largest absolute Gasteiger partial charge is 1.00 e. The van der Waals surface area contributed by atoms with Gasteiger partial charge in [-0.1, -0.05) is 11.6 Å². The van der Waals surface area contributed by atoms with Crippen molar-refractivity contribution >= 4 is 11.6 Å². The number of rotatable bonds is 3. The van der Waals surface area contributed by atoms with Crippen molar-refractivity contribution in [3.63, 3.8) is 0 Å². The maximum Gasteiger partial charge on any atom is 0.142 e. The monoisotopic (exact) mass is 278 g/mol. The molecule has 0 unspecified atom stereocenters. The van der Waals surface area contributed by atoms with Gasteiger partial charge in [-0.2, -0.15) is 0 Å². The van der Waals surface area contributed by atoms with Crippen molar-refractivity contribution in [2.24, 2.45) is 5.92 Å². The molecule has 96 valence electrons. The Hall–Kier alpha value is -0.510. The Morgan fingerprint density at radius 2 is 2.06 bits per heavy atom. The summed E-state index contributed by atoms with van der Waals surface area (Å²) in [6.45, 7) is 2.79. The van der Waals surface area contributed by atoms with E-state index in [-0.39, 0.29) is 17.4 Å². The summed E-state index contributed by atoms with van der Waals surface area (Å²) >= 11 is 5.67. The van der Waals surface area contributed by atoms with Crippen molar-refractivity contribution in [1.82, 2.24) is 5.32 Å². The van der Waals surface area contributed by atoms with Crippen molar-refractivity contribution in [1.29, 1.82) is 0 Å². The Kier molecular flexibility index (Phi) is 6.03. The third-order valence-corrected chi connectivity index (χ3v) is 3.13. The number of nitrogens with one attached hydrogen (secondary N) is 1. The molecule has 0 radical (unpaired) electrons. The molecular weight excluding hydrogens is 264 g/mol. The van der Waals surface area contributed by atoms with Gasteiger partial charge in [0.15, 0.2) is 0 Å². The van der Waals surface area contributed by atoms with E-state index >= 15 is 0 Å². The Labute approximate surface area is 112 Å². The molecule has 1 heterocycles. The highest BCUT2D eigenvalue weighted by Gasteiger charge is 2.13. The van der Waals surface area contributed by atoms with E-state index in [1.807, 2.05) is 0 Å². The molecule has 1 fully saturated rings. The number of halogens is 3. The van der Waals surface area contributed by atoms with Gasteiger partial charge in [0, 0.05) is 6.07 Å². The van der Waals surface area contributed by atoms with Crippen molar-refractivity contribution in [2.75, 3.05) is 19.7 Å². The lowest BCUT2D eigenvalue weighted by atomic mass is 9.99. The van der Waals surface area contributed by atoms with Gasteiger partial charge in [-0.05, 0) is 44.0 Å². The van der Waals surface area contributed by atoms with Gasteiger partial charge in [0.2, 0.25) is 0 Å². The predicted molar refractivity (Wildman–Crippen MR) is 62.5 cm³/mol. The highest BCUT2D eigenvalue weighted by molar-refractivity contribution is 6.30. The summed E-state index contributed by atoms with van der Waals surface area (Å²) in [7, 11) is 0. The minimum atomic E-state index is -0.407. The van der Waals surface area contributed by atoms with E-state index in [4.69, 9.17) is 16.3 Å². The molecule has 1 saturated heterocycles. The van der Waals surface area contributed by atoms with Crippen LogP contribution < -0.4 is 22.5 Å². The lowest BCUT2D eigenvalue weighted by Crippen LogP contribution is -3.00. The van der Waals surface area contributed by atoms with Gasteiger partial charge in [-0.15, -0.1) is 0 Å². The Bertz CT molecular complexity index is 356. The number of hydrogen-bond donors (Lipinski definition) is 1. The molecule has 5 heteroatoms. The van der Waals surface area contributed by atoms with Gasteiger partial charge in [0.1, 0.15) is 11.6 Å². The molecule has 0 aliphatic carbocycles. The fourth-order valence-electron chi connectivity index (χ4n) is 1.83. The second kappa shape index (κ2) is 7.04. The van der Waals surface area contributed by atoms with E-state index in [2.05, 4.69) is 5.32 Å². The van der Waals surface area contributed by atoms with Gasteiger partial charge >= 0.3 is 0 Å². The van der Waals surface area contributed by atoms with Crippen LogP contribution >= 0.6 is 11.6 Å². The average molecular weight is 279 g/mol. The standard InChI is InChI=1S/C12H15ClFNO.ClH/c13-11-7-10(1-2-12(11)14)16-8-9-3-5-15-6-4-9;/h1-2,7,9,15H,3-6,8H2;1H/p-1. The van der Waals surface area contributed by atoms with Gasteiger partial charge in [0.05, 0.1) is 11.6 Å². The lowest BCUT2D eigenvalue weighted by Gasteiger charge is -2.22. The Morgan fingerprint density at radius 1 is 1.35 bits per heavy atom. The fourth-order valence-corrected chi connectivity index (χ4v) is 2.00. The van der Waals surface area contributed by atoms with Gasteiger partial charge in [-0.3, -0.25) is 0 Å². The Morgan fingerprint density at radius 3 is 2.71 bits per heavy atom. The summed E-state index contributed by atoms with van der Waals surface area (Å²) in [6, 6.07) is 4.47. The quantitative estimate of drug-likeness (QED) is 0.831. The highest BCUT2D eigenvalue weighted by Crippen LogP contribution is 2.22. The minimum absolute atomic E-state index is 0. The van der Waals surface area contributed by atoms with Crippen LogP contribution in [0.1, 0.15) is 12.8 Å². The van der Waals surface area contributed by atoms with Crippen molar-refractivity contribution in [3.8, 4) is 5.75 Å². The molecule has 1 aromatic rings. The first-order valence-corrected chi connectivity index (χ1v) is 5.92. The summed E-state index contributed by atoms with van der Waals surface area (Å²) < 4.78 is 18.5. The molecule has 0 spiro atoms. The number of piperidine rings is 1. The second-order valence-electron chi connectivity index (χ2n) is 4.08. The maximum absolute atomic E-state index is 12.9. The van der Waals surface area contributed by atoms with E-state index in [1.165, 1.54) is 12.1 Å². The highest BCUT2D eigenvalue weighted by atomic mass is 35.5. The van der Waals surface area contributed by atoms with Crippen LogP contribution in [0.25, 0.3) is 0 Å². The first-order valence-electron chi connectivity index (χ1n) is 5.54. The van der Waals surface area contributed by atoms with Gasteiger partial charge in [0.25, 0.3) is 0 Å². The zero-order valence-corrected chi connectivity index (χ0v) is 10.9. The third-order valence-electron chi connectivity index (χ3n) is 2.84. The molecule has 2 nitrogen and oxygen atoms in total. The topological polar surface area (TPSA) is 21.3 Å². The summed E-state index contributed by atoms with van der Waals surface area (Å²) in [6.07, 6.45) is 2.27. The lowest BCUT2D eigenvalue weighted by molar-refractivity contribution is -0.00000420. The third kappa shape index (κ3) is 4.34. The zero-order valence-electron chi connectivity index (χ0n) is 9.39. The minimum Gasteiger partial charge on any atom is -1.00 e. The van der Waals surface area contributed by atoms with Crippen LogP contribution in [0.15, 0.2) is 18.2 Å². The maximum atomic E-state index is 12.9. The number of hydrogen-bond acceptors (Lipinski definition) is 2. The molecule has 1 aliphatic heterocycles.